The number of ether oxygens (including phenoxy) is 2. The first-order valence-corrected chi connectivity index (χ1v) is 8.82. The summed E-state index contributed by atoms with van der Waals surface area (Å²) >= 11 is 0. The number of hydrogen-bond acceptors (Lipinski definition) is 4. The smallest absolute Gasteiger partial charge is 0.339 e. The van der Waals surface area contributed by atoms with Gasteiger partial charge in [-0.2, -0.15) is 0 Å². The lowest BCUT2D eigenvalue weighted by Crippen LogP contribution is -2.35. The number of anilines is 1. The van der Waals surface area contributed by atoms with E-state index >= 15 is 0 Å². The molecule has 3 unspecified atom stereocenters. The third-order valence-electron chi connectivity index (χ3n) is 4.61. The van der Waals surface area contributed by atoms with Crippen molar-refractivity contribution in [2.75, 3.05) is 12.4 Å². The summed E-state index contributed by atoms with van der Waals surface area (Å²) in [6, 6.07) is 4.48. The van der Waals surface area contributed by atoms with Crippen LogP contribution in [-0.4, -0.2) is 36.3 Å². The first-order chi connectivity index (χ1) is 11.9. The number of benzene rings is 1. The van der Waals surface area contributed by atoms with Gasteiger partial charge in [-0.15, -0.1) is 0 Å². The topological polar surface area (TPSA) is 84.9 Å². The highest BCUT2D eigenvalue weighted by atomic mass is 16.5. The Morgan fingerprint density at radius 3 is 2.72 bits per heavy atom. The molecule has 0 spiro atoms. The molecule has 25 heavy (non-hydrogen) atoms. The SMILES string of the molecule is CCC(OC1CCCC(C)C1)C(=O)Nc1ccc(C(=O)O)c(OC)c1. The summed E-state index contributed by atoms with van der Waals surface area (Å²) in [6.45, 7) is 4.14. The number of amides is 1. The van der Waals surface area contributed by atoms with Gasteiger partial charge in [-0.25, -0.2) is 4.79 Å². The van der Waals surface area contributed by atoms with Crippen LogP contribution in [0.25, 0.3) is 0 Å². The number of carboxylic acid groups (broad SMARTS) is 1. The third kappa shape index (κ3) is 5.19. The van der Waals surface area contributed by atoms with E-state index in [1.54, 1.807) is 6.07 Å². The Hall–Kier alpha value is -2.08. The molecular formula is C19H27NO5. The molecule has 1 aromatic carbocycles. The van der Waals surface area contributed by atoms with E-state index in [0.29, 0.717) is 18.0 Å². The molecule has 0 aromatic heterocycles. The molecule has 0 radical (unpaired) electrons. The molecule has 1 amide bonds. The van der Waals surface area contributed by atoms with Gasteiger partial charge >= 0.3 is 5.97 Å². The van der Waals surface area contributed by atoms with E-state index in [9.17, 15) is 9.59 Å². The molecule has 138 valence electrons. The van der Waals surface area contributed by atoms with Crippen LogP contribution in [0.2, 0.25) is 0 Å². The Labute approximate surface area is 148 Å². The van der Waals surface area contributed by atoms with Gasteiger partial charge in [0.2, 0.25) is 0 Å². The van der Waals surface area contributed by atoms with E-state index in [4.69, 9.17) is 14.6 Å². The van der Waals surface area contributed by atoms with Gasteiger partial charge in [0.05, 0.1) is 13.2 Å². The second kappa shape index (κ2) is 8.85. The summed E-state index contributed by atoms with van der Waals surface area (Å²) in [4.78, 5) is 23.7. The normalized spacial score (nSPS) is 21.4. The average Bonchev–Trinajstić information content (AvgIpc) is 2.59. The monoisotopic (exact) mass is 349 g/mol. The maximum Gasteiger partial charge on any atom is 0.339 e. The zero-order chi connectivity index (χ0) is 18.4. The van der Waals surface area contributed by atoms with Gasteiger partial charge in [-0.05, 0) is 37.3 Å². The summed E-state index contributed by atoms with van der Waals surface area (Å²) in [7, 11) is 1.40. The van der Waals surface area contributed by atoms with Crippen molar-refractivity contribution in [3.05, 3.63) is 23.8 Å². The zero-order valence-corrected chi connectivity index (χ0v) is 15.1. The molecule has 1 fully saturated rings. The number of carbonyl (C=O) groups excluding carboxylic acids is 1. The standard InChI is InChI=1S/C19H27NO5/c1-4-16(25-14-7-5-6-12(2)10-14)18(21)20-13-8-9-15(19(22)23)17(11-13)24-3/h8-9,11-12,14,16H,4-7,10H2,1-3H3,(H,20,21)(H,22,23). The molecule has 6 heteroatoms. The molecule has 2 N–H and O–H groups in total. The number of nitrogens with one attached hydrogen (secondary N) is 1. The zero-order valence-electron chi connectivity index (χ0n) is 15.1. The van der Waals surface area contributed by atoms with Crippen LogP contribution in [0.1, 0.15) is 56.3 Å². The molecule has 6 nitrogen and oxygen atoms in total. The predicted octanol–water partition coefficient (Wildman–Crippen LogP) is 3.71. The fourth-order valence-corrected chi connectivity index (χ4v) is 3.25. The summed E-state index contributed by atoms with van der Waals surface area (Å²) in [5, 5.41) is 11.9. The lowest BCUT2D eigenvalue weighted by atomic mass is 9.88. The van der Waals surface area contributed by atoms with Crippen molar-refractivity contribution in [2.24, 2.45) is 5.92 Å². The minimum atomic E-state index is -1.07. The van der Waals surface area contributed by atoms with E-state index in [2.05, 4.69) is 12.2 Å². The molecule has 1 aromatic rings. The first-order valence-electron chi connectivity index (χ1n) is 8.82. The largest absolute Gasteiger partial charge is 0.496 e. The molecule has 0 saturated heterocycles. The van der Waals surface area contributed by atoms with Crippen molar-refractivity contribution >= 4 is 17.6 Å². The number of rotatable bonds is 7. The van der Waals surface area contributed by atoms with Gasteiger partial charge in [-0.3, -0.25) is 4.79 Å². The maximum atomic E-state index is 12.5. The molecule has 0 heterocycles. The van der Waals surface area contributed by atoms with Crippen molar-refractivity contribution in [1.82, 2.24) is 0 Å². The first kappa shape index (κ1) is 19.2. The van der Waals surface area contributed by atoms with E-state index in [1.807, 2.05) is 6.92 Å². The van der Waals surface area contributed by atoms with Crippen molar-refractivity contribution in [3.8, 4) is 5.75 Å². The van der Waals surface area contributed by atoms with Crippen LogP contribution in [0.15, 0.2) is 18.2 Å². The molecule has 1 aliphatic carbocycles. The van der Waals surface area contributed by atoms with Gasteiger partial charge in [0, 0.05) is 11.8 Å². The predicted molar refractivity (Wildman–Crippen MR) is 95.2 cm³/mol. The van der Waals surface area contributed by atoms with Crippen LogP contribution in [0.4, 0.5) is 5.69 Å². The third-order valence-corrected chi connectivity index (χ3v) is 4.61. The lowest BCUT2D eigenvalue weighted by Gasteiger charge is -2.29. The fraction of sp³-hybridized carbons (Fsp3) is 0.579. The van der Waals surface area contributed by atoms with Crippen LogP contribution >= 0.6 is 0 Å². The van der Waals surface area contributed by atoms with Crippen molar-refractivity contribution < 1.29 is 24.2 Å². The minimum absolute atomic E-state index is 0.0555. The van der Waals surface area contributed by atoms with Crippen LogP contribution < -0.4 is 10.1 Å². The van der Waals surface area contributed by atoms with Crippen LogP contribution in [0, 0.1) is 5.92 Å². The van der Waals surface area contributed by atoms with Crippen LogP contribution in [0.3, 0.4) is 0 Å². The van der Waals surface area contributed by atoms with Gasteiger partial charge in [0.25, 0.3) is 5.91 Å². The van der Waals surface area contributed by atoms with E-state index < -0.39 is 12.1 Å². The van der Waals surface area contributed by atoms with Crippen molar-refractivity contribution in [3.63, 3.8) is 0 Å². The molecule has 3 atom stereocenters. The highest BCUT2D eigenvalue weighted by molar-refractivity contribution is 5.96. The summed E-state index contributed by atoms with van der Waals surface area (Å²) < 4.78 is 11.1. The number of carbonyl (C=O) groups is 2. The number of aromatic carboxylic acids is 1. The summed E-state index contributed by atoms with van der Waals surface area (Å²) in [6.07, 6.45) is 4.54. The Morgan fingerprint density at radius 2 is 2.12 bits per heavy atom. The van der Waals surface area contributed by atoms with Gasteiger partial charge in [0.1, 0.15) is 17.4 Å². The molecule has 1 aliphatic rings. The van der Waals surface area contributed by atoms with Gasteiger partial charge < -0.3 is 19.9 Å². The molecule has 2 rings (SSSR count). The lowest BCUT2D eigenvalue weighted by molar-refractivity contribution is -0.133. The second-order valence-corrected chi connectivity index (χ2v) is 6.64. The summed E-state index contributed by atoms with van der Waals surface area (Å²) in [5.41, 5.74) is 0.547. The molecule has 0 bridgehead atoms. The van der Waals surface area contributed by atoms with Crippen LogP contribution in [0.5, 0.6) is 5.75 Å². The maximum absolute atomic E-state index is 12.5. The molecule has 1 saturated carbocycles. The van der Waals surface area contributed by atoms with Gasteiger partial charge in [-0.1, -0.05) is 26.7 Å². The van der Waals surface area contributed by atoms with Crippen molar-refractivity contribution in [2.45, 2.75) is 58.2 Å². The Kier molecular flexibility index (Phi) is 6.82. The summed E-state index contributed by atoms with van der Waals surface area (Å²) in [5.74, 6) is -0.450. The highest BCUT2D eigenvalue weighted by Gasteiger charge is 2.26. The van der Waals surface area contributed by atoms with E-state index in [0.717, 1.165) is 19.3 Å². The average molecular weight is 349 g/mol. The quantitative estimate of drug-likeness (QED) is 0.784. The van der Waals surface area contributed by atoms with E-state index in [1.165, 1.54) is 25.7 Å². The highest BCUT2D eigenvalue weighted by Crippen LogP contribution is 2.28. The number of carboxylic acids is 1. The number of hydrogen-bond donors (Lipinski definition) is 2. The second-order valence-electron chi connectivity index (χ2n) is 6.64. The molecule has 0 aliphatic heterocycles. The van der Waals surface area contributed by atoms with E-state index in [-0.39, 0.29) is 23.3 Å². The Balaban J connectivity index is 2.02. The Bertz CT molecular complexity index is 616. The van der Waals surface area contributed by atoms with Gasteiger partial charge in [0.15, 0.2) is 0 Å². The van der Waals surface area contributed by atoms with Crippen LogP contribution in [-0.2, 0) is 9.53 Å². The van der Waals surface area contributed by atoms with Crippen molar-refractivity contribution in [1.29, 1.82) is 0 Å². The molecular weight excluding hydrogens is 322 g/mol. The number of methoxy groups -OCH3 is 1. The fourth-order valence-electron chi connectivity index (χ4n) is 3.25. The Morgan fingerprint density at radius 1 is 1.36 bits per heavy atom. The minimum Gasteiger partial charge on any atom is -0.496 e.